The van der Waals surface area contributed by atoms with Crippen LogP contribution < -0.4 is 5.32 Å². The van der Waals surface area contributed by atoms with Gasteiger partial charge in [0.05, 0.1) is 10.4 Å². The van der Waals surface area contributed by atoms with Crippen LogP contribution in [0, 0.1) is 0 Å². The third-order valence-corrected chi connectivity index (χ3v) is 5.08. The first-order valence-corrected chi connectivity index (χ1v) is 7.99. The number of methoxy groups -OCH3 is 1. The monoisotopic (exact) mass is 333 g/mol. The van der Waals surface area contributed by atoms with Crippen molar-refractivity contribution in [3.8, 4) is 0 Å². The summed E-state index contributed by atoms with van der Waals surface area (Å²) in [5.74, 6) is 0. The van der Waals surface area contributed by atoms with Crippen LogP contribution in [0.4, 0.5) is 0 Å². The first kappa shape index (κ1) is 14.5. The molecular formula is C13H20BrNO2S. The number of rotatable bonds is 6. The maximum atomic E-state index is 9.09. The molecule has 102 valence electrons. The summed E-state index contributed by atoms with van der Waals surface area (Å²) in [6.07, 6.45) is 4.34. The summed E-state index contributed by atoms with van der Waals surface area (Å²) in [7, 11) is 1.71. The third-order valence-electron chi connectivity index (χ3n) is 3.37. The lowest BCUT2D eigenvalue weighted by Gasteiger charge is -2.28. The molecule has 2 N–H and O–H groups in total. The molecule has 0 saturated heterocycles. The summed E-state index contributed by atoms with van der Waals surface area (Å²) in [6, 6.07) is 2.87. The zero-order chi connectivity index (χ0) is 13.0. The number of thiophene rings is 1. The first-order chi connectivity index (χ1) is 8.74. The maximum absolute atomic E-state index is 9.09. The molecule has 1 aromatic heterocycles. The second kappa shape index (κ2) is 7.01. The smallest absolute Gasteiger partial charge is 0.0704 e. The summed E-state index contributed by atoms with van der Waals surface area (Å²) >= 11 is 5.42. The second-order valence-corrected chi connectivity index (χ2v) is 7.22. The Bertz CT molecular complexity index is 377. The Morgan fingerprint density at radius 3 is 3.22 bits per heavy atom. The quantitative estimate of drug-likeness (QED) is 0.841. The molecule has 2 atom stereocenters. The Kier molecular flexibility index (Phi) is 5.63. The number of ether oxygens (including phenoxy) is 1. The topological polar surface area (TPSA) is 41.5 Å². The molecule has 0 aromatic carbocycles. The maximum Gasteiger partial charge on any atom is 0.0704 e. The normalized spacial score (nSPS) is 20.7. The van der Waals surface area contributed by atoms with E-state index in [1.54, 1.807) is 7.11 Å². The number of aliphatic hydroxyl groups is 1. The zero-order valence-electron chi connectivity index (χ0n) is 10.6. The van der Waals surface area contributed by atoms with Gasteiger partial charge in [0.15, 0.2) is 0 Å². The van der Waals surface area contributed by atoms with Gasteiger partial charge in [0, 0.05) is 30.7 Å². The van der Waals surface area contributed by atoms with Crippen molar-refractivity contribution in [1.29, 1.82) is 0 Å². The van der Waals surface area contributed by atoms with Gasteiger partial charge in [-0.1, -0.05) is 0 Å². The van der Waals surface area contributed by atoms with E-state index in [1.807, 2.05) is 11.3 Å². The van der Waals surface area contributed by atoms with Crippen molar-refractivity contribution in [2.24, 2.45) is 0 Å². The van der Waals surface area contributed by atoms with Gasteiger partial charge in [0.25, 0.3) is 0 Å². The summed E-state index contributed by atoms with van der Waals surface area (Å²) in [5, 5.41) is 12.7. The minimum atomic E-state index is 0.202. The Morgan fingerprint density at radius 2 is 2.50 bits per heavy atom. The zero-order valence-corrected chi connectivity index (χ0v) is 13.0. The molecule has 0 radical (unpaired) electrons. The van der Waals surface area contributed by atoms with E-state index < -0.39 is 0 Å². The lowest BCUT2D eigenvalue weighted by molar-refractivity contribution is 0.140. The van der Waals surface area contributed by atoms with Crippen LogP contribution in [0.5, 0.6) is 0 Å². The van der Waals surface area contributed by atoms with E-state index in [9.17, 15) is 0 Å². The predicted molar refractivity (Wildman–Crippen MR) is 78.2 cm³/mol. The minimum absolute atomic E-state index is 0.202. The van der Waals surface area contributed by atoms with Gasteiger partial charge in [0.2, 0.25) is 0 Å². The fourth-order valence-electron chi connectivity index (χ4n) is 2.55. The van der Waals surface area contributed by atoms with E-state index in [2.05, 4.69) is 27.3 Å². The van der Waals surface area contributed by atoms with Gasteiger partial charge in [0.1, 0.15) is 0 Å². The van der Waals surface area contributed by atoms with Crippen LogP contribution in [0.15, 0.2) is 9.85 Å². The molecule has 1 aliphatic carbocycles. The summed E-state index contributed by atoms with van der Waals surface area (Å²) in [5.41, 5.74) is 1.43. The van der Waals surface area contributed by atoms with Crippen molar-refractivity contribution in [3.63, 3.8) is 0 Å². The van der Waals surface area contributed by atoms with E-state index in [1.165, 1.54) is 33.5 Å². The second-order valence-electron chi connectivity index (χ2n) is 4.71. The minimum Gasteiger partial charge on any atom is -0.396 e. The Hall–Kier alpha value is 0.0600. The summed E-state index contributed by atoms with van der Waals surface area (Å²) < 4.78 is 6.43. The number of nitrogens with one attached hydrogen (secondary N) is 1. The molecule has 1 heterocycles. The van der Waals surface area contributed by atoms with Gasteiger partial charge in [-0.3, -0.25) is 0 Å². The number of aliphatic hydroxyl groups excluding tert-OH is 1. The number of halogens is 1. The van der Waals surface area contributed by atoms with E-state index in [0.717, 1.165) is 6.42 Å². The largest absolute Gasteiger partial charge is 0.396 e. The number of hydrogen-bond acceptors (Lipinski definition) is 4. The van der Waals surface area contributed by atoms with Crippen LogP contribution >= 0.6 is 27.3 Å². The van der Waals surface area contributed by atoms with Crippen molar-refractivity contribution < 1.29 is 9.84 Å². The molecule has 0 aliphatic heterocycles. The number of hydrogen-bond donors (Lipinski definition) is 2. The highest BCUT2D eigenvalue weighted by atomic mass is 79.9. The Balaban J connectivity index is 2.04. The SMILES string of the molecule is COCC(CCO)NC1CCCc2sc(Br)cc21. The van der Waals surface area contributed by atoms with Gasteiger partial charge in [-0.15, -0.1) is 11.3 Å². The number of aryl methyl sites for hydroxylation is 1. The molecule has 0 fully saturated rings. The Labute approximate surface area is 121 Å². The van der Waals surface area contributed by atoms with Crippen molar-refractivity contribution in [2.45, 2.75) is 37.8 Å². The fourth-order valence-corrected chi connectivity index (χ4v) is 4.37. The van der Waals surface area contributed by atoms with E-state index >= 15 is 0 Å². The van der Waals surface area contributed by atoms with Crippen molar-refractivity contribution >= 4 is 27.3 Å². The van der Waals surface area contributed by atoms with Crippen LogP contribution in [0.2, 0.25) is 0 Å². The highest BCUT2D eigenvalue weighted by Crippen LogP contribution is 2.38. The molecule has 2 unspecified atom stereocenters. The number of fused-ring (bicyclic) bond motifs is 1. The Morgan fingerprint density at radius 1 is 1.67 bits per heavy atom. The molecule has 18 heavy (non-hydrogen) atoms. The van der Waals surface area contributed by atoms with Crippen molar-refractivity contribution in [2.75, 3.05) is 20.3 Å². The van der Waals surface area contributed by atoms with Gasteiger partial charge in [-0.25, -0.2) is 0 Å². The molecule has 2 rings (SSSR count). The van der Waals surface area contributed by atoms with Crippen molar-refractivity contribution in [1.82, 2.24) is 5.32 Å². The summed E-state index contributed by atoms with van der Waals surface area (Å²) in [4.78, 5) is 1.49. The van der Waals surface area contributed by atoms with E-state index in [-0.39, 0.29) is 12.6 Å². The van der Waals surface area contributed by atoms with Crippen LogP contribution in [-0.4, -0.2) is 31.5 Å². The lowest BCUT2D eigenvalue weighted by atomic mass is 9.93. The van der Waals surface area contributed by atoms with Crippen molar-refractivity contribution in [3.05, 3.63) is 20.3 Å². The van der Waals surface area contributed by atoms with Gasteiger partial charge < -0.3 is 15.2 Å². The highest BCUT2D eigenvalue weighted by Gasteiger charge is 2.24. The molecule has 0 amide bonds. The molecule has 0 bridgehead atoms. The first-order valence-electron chi connectivity index (χ1n) is 6.38. The van der Waals surface area contributed by atoms with E-state index in [0.29, 0.717) is 12.6 Å². The molecule has 5 heteroatoms. The van der Waals surface area contributed by atoms with Gasteiger partial charge in [-0.05, 0) is 53.2 Å². The van der Waals surface area contributed by atoms with Gasteiger partial charge in [-0.2, -0.15) is 0 Å². The van der Waals surface area contributed by atoms with Crippen LogP contribution in [0.25, 0.3) is 0 Å². The van der Waals surface area contributed by atoms with Crippen LogP contribution in [0.3, 0.4) is 0 Å². The average Bonchev–Trinajstić information content (AvgIpc) is 2.71. The van der Waals surface area contributed by atoms with Gasteiger partial charge >= 0.3 is 0 Å². The molecular weight excluding hydrogens is 314 g/mol. The fraction of sp³-hybridized carbons (Fsp3) is 0.692. The summed E-state index contributed by atoms with van der Waals surface area (Å²) in [6.45, 7) is 0.853. The molecule has 3 nitrogen and oxygen atoms in total. The van der Waals surface area contributed by atoms with Crippen LogP contribution in [0.1, 0.15) is 35.7 Å². The van der Waals surface area contributed by atoms with Crippen LogP contribution in [-0.2, 0) is 11.2 Å². The molecule has 0 spiro atoms. The molecule has 1 aromatic rings. The average molecular weight is 334 g/mol. The molecule has 1 aliphatic rings. The third kappa shape index (κ3) is 3.54. The predicted octanol–water partition coefficient (Wildman–Crippen LogP) is 2.88. The van der Waals surface area contributed by atoms with E-state index in [4.69, 9.17) is 9.84 Å². The highest BCUT2D eigenvalue weighted by molar-refractivity contribution is 9.11. The molecule has 0 saturated carbocycles. The lowest BCUT2D eigenvalue weighted by Crippen LogP contribution is -2.38. The standard InChI is InChI=1S/C13H20BrNO2S/c1-17-8-9(5-6-16)15-11-3-2-4-12-10(11)7-13(14)18-12/h7,9,11,15-16H,2-6,8H2,1H3.